The van der Waals surface area contributed by atoms with E-state index in [1.165, 1.54) is 88.4 Å². The molecule has 10 rings (SSSR count). The molecular formula is C48H45N3O2S2. The molecule has 0 radical (unpaired) electrons. The van der Waals surface area contributed by atoms with Crippen molar-refractivity contribution in [3.05, 3.63) is 133 Å². The van der Waals surface area contributed by atoms with Gasteiger partial charge in [0.1, 0.15) is 0 Å². The fourth-order valence-corrected chi connectivity index (χ4v) is 10.6. The lowest BCUT2D eigenvalue weighted by molar-refractivity contribution is -0.150. The minimum atomic E-state index is 0.260. The molecule has 276 valence electrons. The summed E-state index contributed by atoms with van der Waals surface area (Å²) in [6.45, 7) is 6.59. The van der Waals surface area contributed by atoms with E-state index in [-0.39, 0.29) is 5.41 Å². The van der Waals surface area contributed by atoms with Crippen LogP contribution in [0.2, 0.25) is 0 Å². The molecule has 3 aliphatic rings. The lowest BCUT2D eigenvalue weighted by atomic mass is 9.84. The van der Waals surface area contributed by atoms with E-state index < -0.39 is 0 Å². The molecule has 0 N–H and O–H groups in total. The molecule has 0 atom stereocenters. The zero-order valence-electron chi connectivity index (χ0n) is 31.2. The number of benzene rings is 6. The predicted molar refractivity (Wildman–Crippen MR) is 230 cm³/mol. The van der Waals surface area contributed by atoms with Crippen LogP contribution in [0.15, 0.2) is 153 Å². The number of hydrogen-bond acceptors (Lipinski definition) is 6. The summed E-state index contributed by atoms with van der Waals surface area (Å²) in [6.07, 6.45) is 5.72. The number of hydrogen-bond donors (Lipinski definition) is 0. The van der Waals surface area contributed by atoms with Gasteiger partial charge < -0.3 is 23.8 Å². The zero-order chi connectivity index (χ0) is 36.8. The van der Waals surface area contributed by atoms with E-state index in [0.29, 0.717) is 0 Å². The molecule has 0 spiro atoms. The van der Waals surface area contributed by atoms with Gasteiger partial charge in [0, 0.05) is 71.3 Å². The highest BCUT2D eigenvalue weighted by atomic mass is 32.2. The Hall–Kier alpha value is -4.66. The average molecular weight is 760 g/mol. The van der Waals surface area contributed by atoms with Crippen LogP contribution in [0, 0.1) is 5.41 Å². The highest BCUT2D eigenvalue weighted by molar-refractivity contribution is 8.00. The maximum Gasteiger partial charge on any atom is 0.0601 e. The van der Waals surface area contributed by atoms with Crippen molar-refractivity contribution in [2.24, 2.45) is 5.41 Å². The summed E-state index contributed by atoms with van der Waals surface area (Å²) in [5.74, 6) is 0. The van der Waals surface area contributed by atoms with Crippen molar-refractivity contribution in [3.8, 4) is 0 Å². The Bertz CT molecular complexity index is 2270. The van der Waals surface area contributed by atoms with Crippen LogP contribution in [0.4, 0.5) is 34.1 Å². The van der Waals surface area contributed by atoms with Gasteiger partial charge in [0.05, 0.1) is 42.6 Å². The van der Waals surface area contributed by atoms with Gasteiger partial charge in [0.25, 0.3) is 0 Å². The fourth-order valence-electron chi connectivity index (χ4n) is 8.46. The topological polar surface area (TPSA) is 29.9 Å². The normalized spacial score (nSPS) is 15.4. The minimum Gasteiger partial charge on any atom is -0.381 e. The number of rotatable bonds is 12. The number of aryl methyl sites for hydroxylation is 1. The maximum absolute atomic E-state index is 6.11. The van der Waals surface area contributed by atoms with Gasteiger partial charge in [-0.05, 0) is 104 Å². The first kappa shape index (κ1) is 34.8. The maximum atomic E-state index is 6.11. The standard InChI is InChI=1S/C48H45N3O2S2/c1-2-48(32-53-33-48)31-52-28-14-4-3-13-27-49-38-25-23-34(50-40-15-5-9-19-44(40)54-45-20-10-6-16-41(45)50)29-36(38)37-30-35(24-26-39(37)49)51-42-17-7-11-21-46(42)55-47-22-12-8-18-43(47)51/h5-12,15-26,29-30H,2-4,13-14,27-28,31-33H2,1H3. The number of anilines is 6. The van der Waals surface area contributed by atoms with E-state index in [1.807, 2.05) is 23.5 Å². The van der Waals surface area contributed by atoms with Crippen LogP contribution in [-0.2, 0) is 16.0 Å². The lowest BCUT2D eigenvalue weighted by Crippen LogP contribution is -2.45. The van der Waals surface area contributed by atoms with Crippen molar-refractivity contribution in [2.45, 2.75) is 65.2 Å². The van der Waals surface area contributed by atoms with E-state index in [4.69, 9.17) is 9.47 Å². The van der Waals surface area contributed by atoms with Gasteiger partial charge in [-0.2, -0.15) is 0 Å². The van der Waals surface area contributed by atoms with Crippen molar-refractivity contribution in [1.82, 2.24) is 4.57 Å². The van der Waals surface area contributed by atoms with E-state index in [9.17, 15) is 0 Å². The van der Waals surface area contributed by atoms with Crippen LogP contribution in [0.3, 0.4) is 0 Å². The van der Waals surface area contributed by atoms with Crippen LogP contribution in [0.5, 0.6) is 0 Å². The highest BCUT2D eigenvalue weighted by Gasteiger charge is 2.37. The molecule has 7 heteroatoms. The molecule has 7 aromatic rings. The summed E-state index contributed by atoms with van der Waals surface area (Å²) >= 11 is 3.71. The van der Waals surface area contributed by atoms with Crippen molar-refractivity contribution in [3.63, 3.8) is 0 Å². The van der Waals surface area contributed by atoms with Crippen LogP contribution >= 0.6 is 23.5 Å². The summed E-state index contributed by atoms with van der Waals surface area (Å²) < 4.78 is 14.2. The van der Waals surface area contributed by atoms with Gasteiger partial charge in [0.2, 0.25) is 0 Å². The molecule has 1 aromatic heterocycles. The van der Waals surface area contributed by atoms with Crippen molar-refractivity contribution in [1.29, 1.82) is 0 Å². The van der Waals surface area contributed by atoms with Gasteiger partial charge in [-0.1, -0.05) is 91.8 Å². The van der Waals surface area contributed by atoms with Gasteiger partial charge in [0.15, 0.2) is 0 Å². The highest BCUT2D eigenvalue weighted by Crippen LogP contribution is 2.53. The minimum absolute atomic E-state index is 0.260. The van der Waals surface area contributed by atoms with E-state index in [1.54, 1.807) is 0 Å². The molecule has 55 heavy (non-hydrogen) atoms. The third kappa shape index (κ3) is 6.31. The molecule has 5 nitrogen and oxygen atoms in total. The first-order valence-electron chi connectivity index (χ1n) is 19.7. The zero-order valence-corrected chi connectivity index (χ0v) is 32.9. The second-order valence-corrected chi connectivity index (χ2v) is 17.3. The Balaban J connectivity index is 1.01. The van der Waals surface area contributed by atoms with Crippen LogP contribution < -0.4 is 9.80 Å². The molecule has 3 aliphatic heterocycles. The third-order valence-electron chi connectivity index (χ3n) is 11.6. The summed E-state index contributed by atoms with van der Waals surface area (Å²) in [4.78, 5) is 10.0. The van der Waals surface area contributed by atoms with Crippen molar-refractivity contribution < 1.29 is 9.47 Å². The van der Waals surface area contributed by atoms with E-state index in [0.717, 1.165) is 52.2 Å². The largest absolute Gasteiger partial charge is 0.381 e. The number of fused-ring (bicyclic) bond motifs is 7. The number of unbranched alkanes of at least 4 members (excludes halogenated alkanes) is 3. The molecular weight excluding hydrogens is 715 g/mol. The number of aromatic nitrogens is 1. The number of para-hydroxylation sites is 4. The molecule has 0 saturated carbocycles. The Labute approximate surface area is 332 Å². The quantitative estimate of drug-likeness (QED) is 0.115. The van der Waals surface area contributed by atoms with Crippen molar-refractivity contribution >= 4 is 79.5 Å². The van der Waals surface area contributed by atoms with E-state index in [2.05, 4.69) is 155 Å². The molecule has 0 unspecified atom stereocenters. The Kier molecular flexibility index (Phi) is 9.35. The van der Waals surface area contributed by atoms with Crippen LogP contribution in [0.25, 0.3) is 21.8 Å². The summed E-state index contributed by atoms with van der Waals surface area (Å²) in [5, 5.41) is 2.57. The number of nitrogens with zero attached hydrogens (tertiary/aromatic N) is 3. The molecule has 4 heterocycles. The summed E-state index contributed by atoms with van der Waals surface area (Å²) in [6, 6.07) is 49.4. The third-order valence-corrected chi connectivity index (χ3v) is 13.9. The first-order valence-corrected chi connectivity index (χ1v) is 21.4. The lowest BCUT2D eigenvalue weighted by Gasteiger charge is -2.40. The molecule has 0 aliphatic carbocycles. The number of ether oxygens (including phenoxy) is 2. The van der Waals surface area contributed by atoms with Gasteiger partial charge in [-0.3, -0.25) is 0 Å². The smallest absolute Gasteiger partial charge is 0.0601 e. The van der Waals surface area contributed by atoms with Crippen LogP contribution in [-0.4, -0.2) is 31.0 Å². The summed E-state index contributed by atoms with van der Waals surface area (Å²) in [5.41, 5.74) is 10.1. The van der Waals surface area contributed by atoms with Crippen LogP contribution in [0.1, 0.15) is 39.0 Å². The molecule has 1 fully saturated rings. The Morgan fingerprint density at radius 2 is 1.02 bits per heavy atom. The molecule has 6 aromatic carbocycles. The SMILES string of the molecule is CCC1(COCCCCCCn2c3ccc(N4c5ccccc5Sc5ccccc54)cc3c3cc(N4c5ccccc5Sc5ccccc54)ccc32)COC1. The van der Waals surface area contributed by atoms with Gasteiger partial charge >= 0.3 is 0 Å². The van der Waals surface area contributed by atoms with Gasteiger partial charge in [-0.25, -0.2) is 0 Å². The van der Waals surface area contributed by atoms with E-state index >= 15 is 0 Å². The fraction of sp³-hybridized carbons (Fsp3) is 0.250. The second kappa shape index (κ2) is 14.8. The molecule has 0 bridgehead atoms. The second-order valence-electron chi connectivity index (χ2n) is 15.1. The Morgan fingerprint density at radius 1 is 0.564 bits per heavy atom. The Morgan fingerprint density at radius 3 is 1.45 bits per heavy atom. The van der Waals surface area contributed by atoms with Gasteiger partial charge in [-0.15, -0.1) is 0 Å². The van der Waals surface area contributed by atoms with Crippen molar-refractivity contribution in [2.75, 3.05) is 36.2 Å². The molecule has 1 saturated heterocycles. The molecule has 0 amide bonds. The average Bonchev–Trinajstić information content (AvgIpc) is 3.52. The first-order chi connectivity index (χ1) is 27.2. The predicted octanol–water partition coefficient (Wildman–Crippen LogP) is 13.7. The monoisotopic (exact) mass is 759 g/mol. The summed E-state index contributed by atoms with van der Waals surface area (Å²) in [7, 11) is 0.